The standard InChI is InChI=1S/C31H36N2/c1-23-13-14-29-27(19-23)28-20-26-22-33(17-15-24-9-5-3-6-10-24)18-16-31(26,21-30(28)32(29)2)25-11-7-4-8-12-25/h3,5-7,9-14,19,26H,4,8,15-18,20-22H2,1-2H3/t26?,31-/m1/s1. The van der Waals surface area contributed by atoms with Crippen molar-refractivity contribution in [3.63, 3.8) is 0 Å². The average Bonchev–Trinajstić information content (AvgIpc) is 3.12. The number of rotatable bonds is 4. The number of aromatic nitrogens is 1. The van der Waals surface area contributed by atoms with E-state index in [1.807, 2.05) is 0 Å². The minimum atomic E-state index is 0.296. The minimum Gasteiger partial charge on any atom is -0.347 e. The molecule has 2 heteroatoms. The molecule has 2 aliphatic carbocycles. The summed E-state index contributed by atoms with van der Waals surface area (Å²) in [6.45, 7) is 5.84. The van der Waals surface area contributed by atoms with Gasteiger partial charge in [-0.05, 0) is 86.7 Å². The molecule has 6 rings (SSSR count). The van der Waals surface area contributed by atoms with Gasteiger partial charge in [-0.2, -0.15) is 0 Å². The number of hydrogen-bond donors (Lipinski definition) is 0. The third-order valence-corrected chi connectivity index (χ3v) is 8.79. The minimum absolute atomic E-state index is 0.296. The Labute approximate surface area is 198 Å². The van der Waals surface area contributed by atoms with Crippen molar-refractivity contribution in [2.45, 2.75) is 45.4 Å². The molecule has 0 amide bonds. The summed E-state index contributed by atoms with van der Waals surface area (Å²) in [5.74, 6) is 0.689. The van der Waals surface area contributed by atoms with E-state index >= 15 is 0 Å². The number of likely N-dealkylation sites (tertiary alicyclic amines) is 1. The second kappa shape index (κ2) is 8.33. The summed E-state index contributed by atoms with van der Waals surface area (Å²) in [5.41, 5.74) is 9.39. The van der Waals surface area contributed by atoms with E-state index in [1.54, 1.807) is 16.8 Å². The number of fused-ring (bicyclic) bond motifs is 4. The lowest BCUT2D eigenvalue weighted by atomic mass is 9.57. The normalized spacial score (nSPS) is 25.0. The van der Waals surface area contributed by atoms with Crippen LogP contribution in [0, 0.1) is 18.3 Å². The molecule has 1 unspecified atom stereocenters. The van der Waals surface area contributed by atoms with Crippen molar-refractivity contribution >= 4 is 10.9 Å². The molecular formula is C31H36N2. The maximum Gasteiger partial charge on any atom is 0.0482 e. The van der Waals surface area contributed by atoms with Gasteiger partial charge in [0.05, 0.1) is 0 Å². The summed E-state index contributed by atoms with van der Waals surface area (Å²) >= 11 is 0. The molecule has 0 N–H and O–H groups in total. The van der Waals surface area contributed by atoms with Gasteiger partial charge in [0.25, 0.3) is 0 Å². The molecule has 2 aromatic carbocycles. The van der Waals surface area contributed by atoms with Crippen molar-refractivity contribution in [1.29, 1.82) is 0 Å². The fraction of sp³-hybridized carbons (Fsp3) is 0.419. The molecule has 0 bridgehead atoms. The third-order valence-electron chi connectivity index (χ3n) is 8.79. The number of hydrogen-bond acceptors (Lipinski definition) is 1. The highest BCUT2D eigenvalue weighted by atomic mass is 15.1. The van der Waals surface area contributed by atoms with Gasteiger partial charge < -0.3 is 9.47 Å². The second-order valence-electron chi connectivity index (χ2n) is 10.7. The smallest absolute Gasteiger partial charge is 0.0482 e. The lowest BCUT2D eigenvalue weighted by Gasteiger charge is -2.52. The lowest BCUT2D eigenvalue weighted by molar-refractivity contribution is 0.0538. The van der Waals surface area contributed by atoms with Gasteiger partial charge >= 0.3 is 0 Å². The highest BCUT2D eigenvalue weighted by molar-refractivity contribution is 5.86. The quantitative estimate of drug-likeness (QED) is 0.459. The predicted octanol–water partition coefficient (Wildman–Crippen LogP) is 6.41. The molecule has 2 atom stereocenters. The molecular weight excluding hydrogens is 400 g/mol. The van der Waals surface area contributed by atoms with E-state index in [9.17, 15) is 0 Å². The first-order chi connectivity index (χ1) is 16.1. The van der Waals surface area contributed by atoms with Crippen molar-refractivity contribution in [1.82, 2.24) is 9.47 Å². The van der Waals surface area contributed by atoms with E-state index in [-0.39, 0.29) is 0 Å². The van der Waals surface area contributed by atoms with E-state index in [1.165, 1.54) is 73.8 Å². The van der Waals surface area contributed by atoms with Crippen LogP contribution in [0.4, 0.5) is 0 Å². The van der Waals surface area contributed by atoms with Gasteiger partial charge in [-0.15, -0.1) is 0 Å². The molecule has 0 radical (unpaired) electrons. The van der Waals surface area contributed by atoms with Crippen molar-refractivity contribution in [2.75, 3.05) is 19.6 Å². The number of piperidine rings is 1. The fourth-order valence-electron chi connectivity index (χ4n) is 6.92. The van der Waals surface area contributed by atoms with Crippen LogP contribution in [-0.4, -0.2) is 29.1 Å². The Hall–Kier alpha value is -2.58. The van der Waals surface area contributed by atoms with Crippen molar-refractivity contribution < 1.29 is 0 Å². The first-order valence-electron chi connectivity index (χ1n) is 12.8. The molecule has 1 fully saturated rings. The zero-order valence-corrected chi connectivity index (χ0v) is 20.2. The molecule has 170 valence electrons. The highest BCUT2D eigenvalue weighted by Crippen LogP contribution is 2.53. The zero-order chi connectivity index (χ0) is 22.4. The molecule has 3 aliphatic rings. The van der Waals surface area contributed by atoms with Gasteiger partial charge in [-0.3, -0.25) is 0 Å². The summed E-state index contributed by atoms with van der Waals surface area (Å²) in [6.07, 6.45) is 14.7. The first-order valence-corrected chi connectivity index (χ1v) is 12.8. The largest absolute Gasteiger partial charge is 0.347 e. The monoisotopic (exact) mass is 436 g/mol. The first kappa shape index (κ1) is 21.0. The second-order valence-corrected chi connectivity index (χ2v) is 10.7. The summed E-state index contributed by atoms with van der Waals surface area (Å²) < 4.78 is 2.51. The van der Waals surface area contributed by atoms with E-state index in [0.29, 0.717) is 11.3 Å². The van der Waals surface area contributed by atoms with Crippen molar-refractivity contribution in [3.05, 3.63) is 94.7 Å². The van der Waals surface area contributed by atoms with Crippen LogP contribution in [0.1, 0.15) is 41.6 Å². The summed E-state index contributed by atoms with van der Waals surface area (Å²) in [4.78, 5) is 2.75. The Balaban J connectivity index is 1.35. The van der Waals surface area contributed by atoms with Gasteiger partial charge in [0.15, 0.2) is 0 Å². The van der Waals surface area contributed by atoms with E-state index < -0.39 is 0 Å². The maximum atomic E-state index is 2.75. The number of benzene rings is 2. The van der Waals surface area contributed by atoms with Gasteiger partial charge in [0, 0.05) is 42.1 Å². The fourth-order valence-corrected chi connectivity index (χ4v) is 6.92. The number of aryl methyl sites for hydroxylation is 2. The SMILES string of the molecule is Cc1ccc2c(c1)c1c(n2C)C[C@@]2(C3=CCCC=C3)CCN(CCc3ccccc3)CC2C1. The van der Waals surface area contributed by atoms with Crippen molar-refractivity contribution in [2.24, 2.45) is 18.4 Å². The van der Waals surface area contributed by atoms with Crippen LogP contribution in [0.25, 0.3) is 10.9 Å². The summed E-state index contributed by atoms with van der Waals surface area (Å²) in [7, 11) is 2.30. The lowest BCUT2D eigenvalue weighted by Crippen LogP contribution is -2.52. The van der Waals surface area contributed by atoms with Crippen LogP contribution < -0.4 is 0 Å². The van der Waals surface area contributed by atoms with E-state index in [4.69, 9.17) is 0 Å². The van der Waals surface area contributed by atoms with Gasteiger partial charge in [0.1, 0.15) is 0 Å². The molecule has 33 heavy (non-hydrogen) atoms. The molecule has 3 aromatic rings. The summed E-state index contributed by atoms with van der Waals surface area (Å²) in [6, 6.07) is 18.0. The van der Waals surface area contributed by atoms with Crippen LogP contribution in [0.3, 0.4) is 0 Å². The highest BCUT2D eigenvalue weighted by Gasteiger charge is 2.48. The van der Waals surface area contributed by atoms with Crippen LogP contribution in [0.2, 0.25) is 0 Å². The molecule has 0 spiro atoms. The average molecular weight is 437 g/mol. The molecule has 1 saturated heterocycles. The van der Waals surface area contributed by atoms with Gasteiger partial charge in [-0.1, -0.05) is 60.2 Å². The summed E-state index contributed by atoms with van der Waals surface area (Å²) in [5, 5.41) is 1.50. The Morgan fingerprint density at radius 2 is 1.94 bits per heavy atom. The molecule has 1 aliphatic heterocycles. The Morgan fingerprint density at radius 1 is 1.06 bits per heavy atom. The Bertz CT molecular complexity index is 1230. The van der Waals surface area contributed by atoms with Crippen LogP contribution in [0.5, 0.6) is 0 Å². The van der Waals surface area contributed by atoms with Gasteiger partial charge in [0.2, 0.25) is 0 Å². The van der Waals surface area contributed by atoms with Crippen LogP contribution >= 0.6 is 0 Å². The van der Waals surface area contributed by atoms with Crippen molar-refractivity contribution in [3.8, 4) is 0 Å². The molecule has 1 aromatic heterocycles. The maximum absolute atomic E-state index is 2.75. The van der Waals surface area contributed by atoms with Gasteiger partial charge in [-0.25, -0.2) is 0 Å². The zero-order valence-electron chi connectivity index (χ0n) is 20.2. The molecule has 0 saturated carbocycles. The van der Waals surface area contributed by atoms with Crippen LogP contribution in [0.15, 0.2) is 72.3 Å². The number of nitrogens with zero attached hydrogens (tertiary/aromatic N) is 2. The van der Waals surface area contributed by atoms with E-state index in [2.05, 4.69) is 90.2 Å². The molecule has 2 nitrogen and oxygen atoms in total. The van der Waals surface area contributed by atoms with Crippen LogP contribution in [-0.2, 0) is 26.3 Å². The Kier molecular flexibility index (Phi) is 5.30. The topological polar surface area (TPSA) is 8.17 Å². The Morgan fingerprint density at radius 3 is 2.76 bits per heavy atom. The van der Waals surface area contributed by atoms with E-state index in [0.717, 1.165) is 6.42 Å². The predicted molar refractivity (Wildman–Crippen MR) is 139 cm³/mol. The third kappa shape index (κ3) is 3.60. The number of allylic oxidation sites excluding steroid dienone is 4. The molecule has 2 heterocycles.